The Kier molecular flexibility index (Phi) is 4.74. The second-order valence-electron chi connectivity index (χ2n) is 6.43. The average Bonchev–Trinajstić information content (AvgIpc) is 3.05. The normalized spacial score (nSPS) is 10.8. The molecular formula is C21H15ClN4O3. The number of carbonyl (C=O) groups excluding carboxylic acids is 1. The number of nitro groups is 1. The Bertz CT molecular complexity index is 1250. The number of anilines is 1. The van der Waals surface area contributed by atoms with E-state index < -0.39 is 10.8 Å². The van der Waals surface area contributed by atoms with Crippen LogP contribution in [-0.4, -0.2) is 20.4 Å². The van der Waals surface area contributed by atoms with Crippen LogP contribution in [0.25, 0.3) is 22.4 Å². The third-order valence-corrected chi connectivity index (χ3v) is 4.82. The molecule has 0 radical (unpaired) electrons. The maximum atomic E-state index is 12.5. The molecule has 1 N–H and O–H groups in total. The van der Waals surface area contributed by atoms with Crippen molar-refractivity contribution in [3.05, 3.63) is 87.4 Å². The first-order chi connectivity index (χ1) is 13.9. The Labute approximate surface area is 170 Å². The minimum absolute atomic E-state index is 0.0566. The molecule has 8 heteroatoms. The van der Waals surface area contributed by atoms with Crippen LogP contribution in [-0.2, 0) is 7.05 Å². The van der Waals surface area contributed by atoms with Crippen molar-refractivity contribution in [3.8, 4) is 11.4 Å². The zero-order valence-electron chi connectivity index (χ0n) is 15.3. The molecule has 1 heterocycles. The molecule has 0 spiro atoms. The zero-order valence-corrected chi connectivity index (χ0v) is 16.1. The molecule has 0 aliphatic rings. The zero-order chi connectivity index (χ0) is 20.5. The molecule has 4 rings (SSSR count). The van der Waals surface area contributed by atoms with E-state index in [1.165, 1.54) is 12.1 Å². The maximum absolute atomic E-state index is 12.5. The highest BCUT2D eigenvalue weighted by Gasteiger charge is 2.20. The lowest BCUT2D eigenvalue weighted by molar-refractivity contribution is -0.385. The number of rotatable bonds is 4. The maximum Gasteiger partial charge on any atom is 0.283 e. The van der Waals surface area contributed by atoms with Crippen molar-refractivity contribution < 1.29 is 9.72 Å². The van der Waals surface area contributed by atoms with E-state index in [1.807, 2.05) is 48.0 Å². The van der Waals surface area contributed by atoms with Crippen molar-refractivity contribution in [2.75, 3.05) is 5.32 Å². The second kappa shape index (κ2) is 7.37. The number of nitrogens with one attached hydrogen (secondary N) is 1. The summed E-state index contributed by atoms with van der Waals surface area (Å²) in [6, 6.07) is 18.9. The standard InChI is InChI=1S/C21H15ClN4O3/c1-25-18-5-3-2-4-17(18)24-20(25)13-6-9-15(10-7-13)23-21(27)16-11-8-14(22)12-19(16)26(28)29/h2-12H,1H3,(H,23,27). The van der Waals surface area contributed by atoms with Gasteiger partial charge in [0.1, 0.15) is 11.4 Å². The first kappa shape index (κ1) is 18.6. The number of benzene rings is 3. The summed E-state index contributed by atoms with van der Waals surface area (Å²) in [5.74, 6) is 0.223. The van der Waals surface area contributed by atoms with E-state index in [-0.39, 0.29) is 16.3 Å². The highest BCUT2D eigenvalue weighted by Crippen LogP contribution is 2.26. The molecule has 0 aliphatic heterocycles. The minimum Gasteiger partial charge on any atom is -0.327 e. The Hall–Kier alpha value is -3.71. The molecule has 4 aromatic rings. The summed E-state index contributed by atoms with van der Waals surface area (Å²) >= 11 is 5.80. The Morgan fingerprint density at radius 3 is 2.52 bits per heavy atom. The lowest BCUT2D eigenvalue weighted by atomic mass is 10.1. The Morgan fingerprint density at radius 1 is 1.10 bits per heavy atom. The SMILES string of the molecule is Cn1c(-c2ccc(NC(=O)c3ccc(Cl)cc3[N+](=O)[O-])cc2)nc2ccccc21. The van der Waals surface area contributed by atoms with Crippen LogP contribution in [0.2, 0.25) is 5.02 Å². The van der Waals surface area contributed by atoms with E-state index in [2.05, 4.69) is 10.3 Å². The second-order valence-corrected chi connectivity index (χ2v) is 6.87. The molecule has 29 heavy (non-hydrogen) atoms. The molecule has 0 saturated heterocycles. The van der Waals surface area contributed by atoms with Gasteiger partial charge in [0.05, 0.1) is 16.0 Å². The molecule has 3 aromatic carbocycles. The van der Waals surface area contributed by atoms with Gasteiger partial charge in [0, 0.05) is 29.4 Å². The molecule has 1 aromatic heterocycles. The number of aromatic nitrogens is 2. The molecule has 1 amide bonds. The fourth-order valence-electron chi connectivity index (χ4n) is 3.15. The van der Waals surface area contributed by atoms with Crippen molar-refractivity contribution >= 4 is 39.9 Å². The van der Waals surface area contributed by atoms with Crippen molar-refractivity contribution in [1.82, 2.24) is 9.55 Å². The van der Waals surface area contributed by atoms with Gasteiger partial charge in [-0.3, -0.25) is 14.9 Å². The molecule has 0 bridgehead atoms. The van der Waals surface area contributed by atoms with Crippen LogP contribution in [0.5, 0.6) is 0 Å². The summed E-state index contributed by atoms with van der Waals surface area (Å²) in [5.41, 5.74) is 2.93. The third-order valence-electron chi connectivity index (χ3n) is 4.59. The van der Waals surface area contributed by atoms with Gasteiger partial charge in [-0.25, -0.2) is 4.98 Å². The van der Waals surface area contributed by atoms with E-state index in [0.29, 0.717) is 5.69 Å². The number of hydrogen-bond donors (Lipinski definition) is 1. The number of fused-ring (bicyclic) bond motifs is 1. The molecule has 0 fully saturated rings. The van der Waals surface area contributed by atoms with Crippen molar-refractivity contribution in [2.24, 2.45) is 7.05 Å². The quantitative estimate of drug-likeness (QED) is 0.379. The summed E-state index contributed by atoms with van der Waals surface area (Å²) in [6.45, 7) is 0. The number of halogens is 1. The average molecular weight is 407 g/mol. The molecular weight excluding hydrogens is 392 g/mol. The number of imidazole rings is 1. The predicted molar refractivity (Wildman–Crippen MR) is 112 cm³/mol. The lowest BCUT2D eigenvalue weighted by Gasteiger charge is -2.08. The predicted octanol–water partition coefficient (Wildman–Crippen LogP) is 5.05. The van der Waals surface area contributed by atoms with Crippen molar-refractivity contribution in [1.29, 1.82) is 0 Å². The molecule has 7 nitrogen and oxygen atoms in total. The summed E-state index contributed by atoms with van der Waals surface area (Å²) < 4.78 is 2.00. The number of carbonyl (C=O) groups is 1. The van der Waals surface area contributed by atoms with Crippen LogP contribution < -0.4 is 5.32 Å². The van der Waals surface area contributed by atoms with Gasteiger partial charge in [-0.1, -0.05) is 23.7 Å². The smallest absolute Gasteiger partial charge is 0.283 e. The summed E-state index contributed by atoms with van der Waals surface area (Å²) in [7, 11) is 1.94. The summed E-state index contributed by atoms with van der Waals surface area (Å²) in [5, 5.41) is 14.1. The number of para-hydroxylation sites is 2. The number of nitrogens with zero attached hydrogens (tertiary/aromatic N) is 3. The number of amides is 1. The van der Waals surface area contributed by atoms with Crippen molar-refractivity contribution in [3.63, 3.8) is 0 Å². The fourth-order valence-corrected chi connectivity index (χ4v) is 3.32. The van der Waals surface area contributed by atoms with E-state index >= 15 is 0 Å². The van der Waals surface area contributed by atoms with E-state index in [4.69, 9.17) is 11.6 Å². The van der Waals surface area contributed by atoms with Crippen LogP contribution in [0.1, 0.15) is 10.4 Å². The first-order valence-corrected chi connectivity index (χ1v) is 9.09. The largest absolute Gasteiger partial charge is 0.327 e. The molecule has 0 aliphatic carbocycles. The number of aryl methyl sites for hydroxylation is 1. The van der Waals surface area contributed by atoms with E-state index in [9.17, 15) is 14.9 Å². The van der Waals surface area contributed by atoms with Crippen LogP contribution in [0.3, 0.4) is 0 Å². The highest BCUT2D eigenvalue weighted by atomic mass is 35.5. The monoisotopic (exact) mass is 406 g/mol. The van der Waals surface area contributed by atoms with Crippen molar-refractivity contribution in [2.45, 2.75) is 0 Å². The van der Waals surface area contributed by atoms with Crippen LogP contribution in [0.4, 0.5) is 11.4 Å². The molecule has 0 saturated carbocycles. The van der Waals surface area contributed by atoms with Gasteiger partial charge >= 0.3 is 0 Å². The summed E-state index contributed by atoms with van der Waals surface area (Å²) in [4.78, 5) is 27.7. The van der Waals surface area contributed by atoms with Crippen LogP contribution >= 0.6 is 11.6 Å². The topological polar surface area (TPSA) is 90.1 Å². The van der Waals surface area contributed by atoms with Gasteiger partial charge in [0.25, 0.3) is 11.6 Å². The number of hydrogen-bond acceptors (Lipinski definition) is 4. The lowest BCUT2D eigenvalue weighted by Crippen LogP contribution is -2.13. The van der Waals surface area contributed by atoms with Crippen LogP contribution in [0.15, 0.2) is 66.7 Å². The Balaban J connectivity index is 1.59. The van der Waals surface area contributed by atoms with Gasteiger partial charge in [-0.05, 0) is 48.5 Å². The van der Waals surface area contributed by atoms with Gasteiger partial charge in [0.15, 0.2) is 0 Å². The molecule has 144 valence electrons. The van der Waals surface area contributed by atoms with Gasteiger partial charge in [-0.15, -0.1) is 0 Å². The van der Waals surface area contributed by atoms with Gasteiger partial charge in [0.2, 0.25) is 0 Å². The number of nitro benzene ring substituents is 1. The Morgan fingerprint density at radius 2 is 1.83 bits per heavy atom. The molecule has 0 unspecified atom stereocenters. The van der Waals surface area contributed by atoms with Crippen LogP contribution in [0, 0.1) is 10.1 Å². The van der Waals surface area contributed by atoms with E-state index in [1.54, 1.807) is 12.1 Å². The third kappa shape index (κ3) is 3.55. The fraction of sp³-hybridized carbons (Fsp3) is 0.0476. The van der Waals surface area contributed by atoms with Gasteiger partial charge < -0.3 is 9.88 Å². The first-order valence-electron chi connectivity index (χ1n) is 8.71. The summed E-state index contributed by atoms with van der Waals surface area (Å²) in [6.07, 6.45) is 0. The highest BCUT2D eigenvalue weighted by molar-refractivity contribution is 6.31. The molecule has 0 atom stereocenters. The van der Waals surface area contributed by atoms with Gasteiger partial charge in [-0.2, -0.15) is 0 Å². The van der Waals surface area contributed by atoms with E-state index in [0.717, 1.165) is 28.5 Å². The minimum atomic E-state index is -0.629.